The van der Waals surface area contributed by atoms with Gasteiger partial charge in [-0.3, -0.25) is 0 Å². The van der Waals surface area contributed by atoms with Crippen molar-refractivity contribution in [1.82, 2.24) is 29.1 Å². The Morgan fingerprint density at radius 3 is 2.29 bits per heavy atom. The van der Waals surface area contributed by atoms with Gasteiger partial charge in [-0.2, -0.15) is 5.10 Å². The minimum Gasteiger partial charge on any atom is -0.501 e. The van der Waals surface area contributed by atoms with Crippen molar-refractivity contribution in [3.8, 4) is 28.7 Å². The second-order valence-electron chi connectivity index (χ2n) is 10.7. The summed E-state index contributed by atoms with van der Waals surface area (Å²) in [4.78, 5) is 9.41. The Balaban J connectivity index is 0.00000300. The van der Waals surface area contributed by atoms with E-state index in [1.54, 1.807) is 12.4 Å². The Morgan fingerprint density at radius 1 is 0.667 bits per heavy atom. The average Bonchev–Trinajstić information content (AvgIpc) is 3.65. The number of hydrogen-bond acceptors (Lipinski definition) is 5. The van der Waals surface area contributed by atoms with E-state index in [4.69, 9.17) is 9.72 Å². The first-order chi connectivity index (χ1) is 21.7. The van der Waals surface area contributed by atoms with Crippen molar-refractivity contribution in [3.05, 3.63) is 133 Å². The number of fused-ring (bicyclic) bond motifs is 9. The van der Waals surface area contributed by atoms with Crippen LogP contribution in [0.5, 0.6) is 11.5 Å². The molecule has 5 aromatic heterocycles. The minimum absolute atomic E-state index is 0. The average molecular weight is 762 g/mol. The van der Waals surface area contributed by atoms with E-state index in [0.717, 1.165) is 72.0 Å². The summed E-state index contributed by atoms with van der Waals surface area (Å²) in [7, 11) is 0. The number of para-hydroxylation sites is 2. The molecule has 0 aliphatic rings. The summed E-state index contributed by atoms with van der Waals surface area (Å²) < 4.78 is 10.6. The number of hydrogen-bond donors (Lipinski definition) is 0. The van der Waals surface area contributed by atoms with E-state index in [1.807, 2.05) is 60.7 Å². The largest absolute Gasteiger partial charge is 2.00 e. The van der Waals surface area contributed by atoms with Crippen LogP contribution in [0.1, 0.15) is 5.56 Å². The van der Waals surface area contributed by atoms with Crippen LogP contribution in [0.3, 0.4) is 0 Å². The molecule has 0 fully saturated rings. The molecule has 0 saturated heterocycles. The minimum atomic E-state index is 0. The van der Waals surface area contributed by atoms with Gasteiger partial charge in [0.1, 0.15) is 5.82 Å². The Labute approximate surface area is 272 Å². The van der Waals surface area contributed by atoms with Crippen molar-refractivity contribution >= 4 is 49.3 Å². The maximum absolute atomic E-state index is 6.39. The molecule has 45 heavy (non-hydrogen) atoms. The van der Waals surface area contributed by atoms with Crippen molar-refractivity contribution in [3.63, 3.8) is 0 Å². The van der Waals surface area contributed by atoms with Crippen LogP contribution < -0.4 is 4.74 Å². The molecule has 216 valence electrons. The quantitative estimate of drug-likeness (QED) is 0.133. The van der Waals surface area contributed by atoms with E-state index in [-0.39, 0.29) is 21.1 Å². The van der Waals surface area contributed by atoms with Gasteiger partial charge in [0.2, 0.25) is 0 Å². The SMILES string of the molecule is Cc1ccccc1-c1nnc2c3[c-]c(Oc4[c-]c5c(nc4)c4ccccc4n5-c4ccccn4)ccc3c3ccccc3n12.[Pt+2]. The molecule has 0 unspecified atom stereocenters. The molecule has 0 bridgehead atoms. The van der Waals surface area contributed by atoms with Crippen LogP contribution in [-0.2, 0) is 21.1 Å². The van der Waals surface area contributed by atoms with E-state index in [9.17, 15) is 0 Å². The fraction of sp³-hybridized carbons (Fsp3) is 0.0270. The number of aryl methyl sites for hydroxylation is 1. The van der Waals surface area contributed by atoms with Gasteiger partial charge in [0.05, 0.1) is 5.65 Å². The van der Waals surface area contributed by atoms with Gasteiger partial charge in [-0.05, 0) is 64.8 Å². The number of ether oxygens (including phenoxy) is 1. The fourth-order valence-electron chi connectivity index (χ4n) is 6.14. The molecular formula is C37H22N6OPt. The molecule has 5 heterocycles. The molecule has 4 aromatic carbocycles. The number of benzene rings is 4. The van der Waals surface area contributed by atoms with Crippen LogP contribution in [0.25, 0.3) is 66.5 Å². The summed E-state index contributed by atoms with van der Waals surface area (Å²) in [5.41, 5.74) is 6.55. The van der Waals surface area contributed by atoms with E-state index < -0.39 is 0 Å². The van der Waals surface area contributed by atoms with Crippen LogP contribution in [0.2, 0.25) is 0 Å². The smallest absolute Gasteiger partial charge is 0.501 e. The van der Waals surface area contributed by atoms with Crippen LogP contribution >= 0.6 is 0 Å². The van der Waals surface area contributed by atoms with Gasteiger partial charge in [-0.15, -0.1) is 23.3 Å². The molecule has 0 aliphatic carbocycles. The van der Waals surface area contributed by atoms with Gasteiger partial charge in [0.15, 0.2) is 5.82 Å². The van der Waals surface area contributed by atoms with E-state index >= 15 is 0 Å². The van der Waals surface area contributed by atoms with Crippen molar-refractivity contribution in [1.29, 1.82) is 0 Å². The van der Waals surface area contributed by atoms with Crippen molar-refractivity contribution < 1.29 is 25.8 Å². The van der Waals surface area contributed by atoms with Gasteiger partial charge < -0.3 is 18.7 Å². The standard InChI is InChI=1S/C37H22N6O.Pt/c1-23-10-2-3-11-26(23)36-40-41-37-30-20-24(17-18-27(30)28-12-4-6-14-31(28)43(36)37)44-25-21-33-35(39-22-25)29-13-5-7-15-32(29)42(33)34-16-8-9-19-38-34;/h2-19,22H,1H3;/q-2;+2. The van der Waals surface area contributed by atoms with Crippen LogP contribution in [0, 0.1) is 19.1 Å². The maximum Gasteiger partial charge on any atom is 2.00 e. The Bertz CT molecular complexity index is 2560. The zero-order valence-electron chi connectivity index (χ0n) is 23.9. The molecule has 0 spiro atoms. The summed E-state index contributed by atoms with van der Waals surface area (Å²) in [6, 6.07) is 41.5. The summed E-state index contributed by atoms with van der Waals surface area (Å²) in [5.74, 6) is 2.60. The topological polar surface area (TPSA) is 70.1 Å². The monoisotopic (exact) mass is 761 g/mol. The molecule has 0 amide bonds. The fourth-order valence-corrected chi connectivity index (χ4v) is 6.14. The second-order valence-corrected chi connectivity index (χ2v) is 10.7. The van der Waals surface area contributed by atoms with Crippen LogP contribution in [-0.4, -0.2) is 29.1 Å². The zero-order valence-corrected chi connectivity index (χ0v) is 26.1. The summed E-state index contributed by atoms with van der Waals surface area (Å²) in [6.45, 7) is 2.09. The molecule has 0 aliphatic heterocycles. The predicted octanol–water partition coefficient (Wildman–Crippen LogP) is 8.29. The van der Waals surface area contributed by atoms with Gasteiger partial charge in [-0.25, -0.2) is 4.98 Å². The first kappa shape index (κ1) is 27.2. The first-order valence-corrected chi connectivity index (χ1v) is 14.3. The number of nitrogens with zero attached hydrogens (tertiary/aromatic N) is 6. The van der Waals surface area contributed by atoms with Crippen LogP contribution in [0.15, 0.2) is 116 Å². The van der Waals surface area contributed by atoms with E-state index in [0.29, 0.717) is 11.5 Å². The molecule has 0 saturated carbocycles. The zero-order chi connectivity index (χ0) is 29.2. The van der Waals surface area contributed by atoms with Crippen molar-refractivity contribution in [2.75, 3.05) is 0 Å². The van der Waals surface area contributed by atoms with Gasteiger partial charge in [0.25, 0.3) is 0 Å². The third kappa shape index (κ3) is 4.23. The maximum atomic E-state index is 6.39. The molecule has 0 radical (unpaired) electrons. The van der Waals surface area contributed by atoms with E-state index in [2.05, 4.69) is 85.7 Å². The molecule has 9 rings (SSSR count). The predicted molar refractivity (Wildman–Crippen MR) is 172 cm³/mol. The Kier molecular flexibility index (Phi) is 6.43. The van der Waals surface area contributed by atoms with E-state index in [1.165, 1.54) is 0 Å². The van der Waals surface area contributed by atoms with Crippen molar-refractivity contribution in [2.24, 2.45) is 0 Å². The first-order valence-electron chi connectivity index (χ1n) is 14.3. The molecule has 0 atom stereocenters. The Hall–Kier alpha value is -5.39. The van der Waals surface area contributed by atoms with Gasteiger partial charge in [-0.1, -0.05) is 83.6 Å². The number of rotatable bonds is 4. The molecule has 7 nitrogen and oxygen atoms in total. The molecule has 9 aromatic rings. The molecular weight excluding hydrogens is 740 g/mol. The second kappa shape index (κ2) is 10.6. The third-order valence-electron chi connectivity index (χ3n) is 8.13. The summed E-state index contributed by atoms with van der Waals surface area (Å²) >= 11 is 0. The van der Waals surface area contributed by atoms with Crippen LogP contribution in [0.4, 0.5) is 0 Å². The Morgan fingerprint density at radius 2 is 1.44 bits per heavy atom. The molecule has 8 heteroatoms. The third-order valence-corrected chi connectivity index (χ3v) is 8.13. The normalized spacial score (nSPS) is 11.5. The summed E-state index contributed by atoms with van der Waals surface area (Å²) in [5, 5.41) is 13.3. The summed E-state index contributed by atoms with van der Waals surface area (Å²) in [6.07, 6.45) is 3.49. The number of pyridine rings is 3. The van der Waals surface area contributed by atoms with Gasteiger partial charge in [0, 0.05) is 34.3 Å². The van der Waals surface area contributed by atoms with Gasteiger partial charge >= 0.3 is 21.1 Å². The molecule has 0 N–H and O–H groups in total. The van der Waals surface area contributed by atoms with Crippen molar-refractivity contribution in [2.45, 2.75) is 6.92 Å². The number of aromatic nitrogens is 6.